The number of aromatic nitrogens is 1. The Morgan fingerprint density at radius 3 is 2.75 bits per heavy atom. The van der Waals surface area contributed by atoms with Gasteiger partial charge in [-0.05, 0) is 38.8 Å². The number of aromatic amines is 1. The van der Waals surface area contributed by atoms with Gasteiger partial charge < -0.3 is 15.5 Å². The van der Waals surface area contributed by atoms with E-state index >= 15 is 0 Å². The zero-order valence-corrected chi connectivity index (χ0v) is 12.5. The van der Waals surface area contributed by atoms with Gasteiger partial charge in [0.05, 0.1) is 0 Å². The summed E-state index contributed by atoms with van der Waals surface area (Å²) >= 11 is 0. The van der Waals surface area contributed by atoms with Gasteiger partial charge in [0.15, 0.2) is 0 Å². The number of carbonyl (C=O) groups excluding carboxylic acids is 1. The highest BCUT2D eigenvalue weighted by Crippen LogP contribution is 2.22. The van der Waals surface area contributed by atoms with Crippen molar-refractivity contribution in [2.45, 2.75) is 45.8 Å². The maximum atomic E-state index is 11.9. The Hall–Kier alpha value is -1.81. The molecule has 1 aromatic heterocycles. The summed E-state index contributed by atoms with van der Waals surface area (Å²) in [6, 6.07) is 5.45. The van der Waals surface area contributed by atoms with E-state index in [0.29, 0.717) is 6.42 Å². The Morgan fingerprint density at radius 1 is 1.40 bits per heavy atom. The second-order valence-corrected chi connectivity index (χ2v) is 6.16. The molecule has 2 rings (SSSR count). The van der Waals surface area contributed by atoms with Gasteiger partial charge in [0.1, 0.15) is 11.6 Å². The summed E-state index contributed by atoms with van der Waals surface area (Å²) in [6.07, 6.45) is 2.39. The Morgan fingerprint density at radius 2 is 2.10 bits per heavy atom. The lowest BCUT2D eigenvalue weighted by molar-refractivity contribution is -0.156. The summed E-state index contributed by atoms with van der Waals surface area (Å²) in [5.41, 5.74) is 8.77. The summed E-state index contributed by atoms with van der Waals surface area (Å²) in [7, 11) is 0. The van der Waals surface area contributed by atoms with Crippen LogP contribution in [-0.2, 0) is 16.0 Å². The lowest BCUT2D eigenvalue weighted by Gasteiger charge is -2.22. The molecule has 0 aliphatic heterocycles. The van der Waals surface area contributed by atoms with Crippen LogP contribution in [0, 0.1) is 6.92 Å². The molecule has 0 aliphatic rings. The van der Waals surface area contributed by atoms with Gasteiger partial charge in [-0.2, -0.15) is 0 Å². The number of carbonyl (C=O) groups is 1. The molecular weight excluding hydrogens is 252 g/mol. The number of esters is 1. The van der Waals surface area contributed by atoms with Gasteiger partial charge in [0.25, 0.3) is 0 Å². The fourth-order valence-corrected chi connectivity index (χ4v) is 2.23. The molecule has 0 spiro atoms. The minimum atomic E-state index is -0.645. The second kappa shape index (κ2) is 5.29. The number of ether oxygens (including phenoxy) is 1. The van der Waals surface area contributed by atoms with Crippen molar-refractivity contribution < 1.29 is 9.53 Å². The van der Waals surface area contributed by atoms with Crippen molar-refractivity contribution in [3.05, 3.63) is 35.5 Å². The van der Waals surface area contributed by atoms with Crippen molar-refractivity contribution in [3.8, 4) is 0 Å². The Kier molecular flexibility index (Phi) is 3.86. The van der Waals surface area contributed by atoms with Crippen LogP contribution >= 0.6 is 0 Å². The number of nitrogens with two attached hydrogens (primary N) is 1. The van der Waals surface area contributed by atoms with Gasteiger partial charge >= 0.3 is 5.97 Å². The lowest BCUT2D eigenvalue weighted by atomic mass is 10.0. The van der Waals surface area contributed by atoms with E-state index in [2.05, 4.69) is 18.0 Å². The molecule has 0 saturated carbocycles. The minimum Gasteiger partial charge on any atom is -0.459 e. The van der Waals surface area contributed by atoms with Gasteiger partial charge in [-0.1, -0.05) is 18.2 Å². The van der Waals surface area contributed by atoms with Crippen LogP contribution in [0.15, 0.2) is 24.4 Å². The molecule has 108 valence electrons. The topological polar surface area (TPSA) is 68.1 Å². The lowest BCUT2D eigenvalue weighted by Crippen LogP contribution is -2.38. The zero-order chi connectivity index (χ0) is 14.9. The summed E-state index contributed by atoms with van der Waals surface area (Å²) in [4.78, 5) is 15.2. The first-order chi connectivity index (χ1) is 9.28. The number of fused-ring (bicyclic) bond motifs is 1. The van der Waals surface area contributed by atoms with E-state index in [9.17, 15) is 4.79 Å². The van der Waals surface area contributed by atoms with Crippen molar-refractivity contribution in [2.24, 2.45) is 5.73 Å². The number of para-hydroxylation sites is 1. The van der Waals surface area contributed by atoms with E-state index in [-0.39, 0.29) is 5.97 Å². The fraction of sp³-hybridized carbons (Fsp3) is 0.438. The Labute approximate surface area is 119 Å². The first-order valence-electron chi connectivity index (χ1n) is 6.82. The fourth-order valence-electron chi connectivity index (χ4n) is 2.23. The number of H-pyrrole nitrogens is 1. The van der Waals surface area contributed by atoms with E-state index < -0.39 is 11.6 Å². The van der Waals surface area contributed by atoms with Crippen LogP contribution in [-0.4, -0.2) is 22.6 Å². The summed E-state index contributed by atoms with van der Waals surface area (Å²) < 4.78 is 5.31. The molecule has 0 radical (unpaired) electrons. The smallest absolute Gasteiger partial charge is 0.323 e. The molecule has 1 aromatic carbocycles. The van der Waals surface area contributed by atoms with Gasteiger partial charge in [0, 0.05) is 23.5 Å². The molecular formula is C16H22N2O2. The molecule has 4 nitrogen and oxygen atoms in total. The van der Waals surface area contributed by atoms with Crippen LogP contribution in [0.1, 0.15) is 31.9 Å². The van der Waals surface area contributed by atoms with Crippen LogP contribution in [0.25, 0.3) is 10.9 Å². The highest BCUT2D eigenvalue weighted by Gasteiger charge is 2.23. The first-order valence-corrected chi connectivity index (χ1v) is 6.82. The highest BCUT2D eigenvalue weighted by molar-refractivity contribution is 5.87. The van der Waals surface area contributed by atoms with Crippen molar-refractivity contribution in [2.75, 3.05) is 0 Å². The quantitative estimate of drug-likeness (QED) is 0.846. The Bertz CT molecular complexity index is 623. The number of rotatable bonds is 3. The molecule has 0 bridgehead atoms. The SMILES string of the molecule is Cc1cccc2c(CC(N)C(=O)OC(C)(C)C)c[nH]c12. The number of benzene rings is 1. The molecule has 3 N–H and O–H groups in total. The molecule has 0 amide bonds. The van der Waals surface area contributed by atoms with Crippen molar-refractivity contribution in [1.29, 1.82) is 0 Å². The normalized spacial score (nSPS) is 13.4. The van der Waals surface area contributed by atoms with E-state index in [1.165, 1.54) is 5.56 Å². The molecule has 20 heavy (non-hydrogen) atoms. The van der Waals surface area contributed by atoms with Crippen molar-refractivity contribution >= 4 is 16.9 Å². The van der Waals surface area contributed by atoms with E-state index in [4.69, 9.17) is 10.5 Å². The van der Waals surface area contributed by atoms with Crippen LogP contribution in [0.4, 0.5) is 0 Å². The average molecular weight is 274 g/mol. The monoisotopic (exact) mass is 274 g/mol. The largest absolute Gasteiger partial charge is 0.459 e. The molecule has 0 fully saturated rings. The molecule has 1 atom stereocenters. The first kappa shape index (κ1) is 14.6. The number of nitrogens with one attached hydrogen (secondary N) is 1. The predicted octanol–water partition coefficient (Wildman–Crippen LogP) is 2.69. The van der Waals surface area contributed by atoms with E-state index in [1.54, 1.807) is 0 Å². The van der Waals surface area contributed by atoms with Gasteiger partial charge in [-0.25, -0.2) is 0 Å². The molecule has 0 saturated heterocycles. The molecule has 4 heteroatoms. The third-order valence-corrected chi connectivity index (χ3v) is 3.16. The zero-order valence-electron chi connectivity index (χ0n) is 12.5. The third-order valence-electron chi connectivity index (χ3n) is 3.16. The molecule has 1 unspecified atom stereocenters. The van der Waals surface area contributed by atoms with Crippen LogP contribution in [0.3, 0.4) is 0 Å². The van der Waals surface area contributed by atoms with Crippen molar-refractivity contribution in [3.63, 3.8) is 0 Å². The summed E-state index contributed by atoms with van der Waals surface area (Å²) in [5.74, 6) is -0.362. The standard InChI is InChI=1S/C16H22N2O2/c1-10-6-5-7-12-11(9-18-14(10)12)8-13(17)15(19)20-16(2,3)4/h5-7,9,13,18H,8,17H2,1-4H3. The summed E-state index contributed by atoms with van der Waals surface area (Å²) in [6.45, 7) is 7.57. The molecule has 0 aliphatic carbocycles. The van der Waals surface area contributed by atoms with Gasteiger partial charge in [-0.15, -0.1) is 0 Å². The maximum Gasteiger partial charge on any atom is 0.323 e. The van der Waals surface area contributed by atoms with E-state index in [1.807, 2.05) is 39.1 Å². The summed E-state index contributed by atoms with van der Waals surface area (Å²) in [5, 5.41) is 1.11. The van der Waals surface area contributed by atoms with Gasteiger partial charge in [0.2, 0.25) is 0 Å². The third kappa shape index (κ3) is 3.20. The molecule has 1 heterocycles. The number of aryl methyl sites for hydroxylation is 1. The van der Waals surface area contributed by atoms with Crippen LogP contribution in [0.2, 0.25) is 0 Å². The highest BCUT2D eigenvalue weighted by atomic mass is 16.6. The van der Waals surface area contributed by atoms with Crippen molar-refractivity contribution in [1.82, 2.24) is 4.98 Å². The predicted molar refractivity (Wildman–Crippen MR) is 80.6 cm³/mol. The van der Waals surface area contributed by atoms with Gasteiger partial charge in [-0.3, -0.25) is 4.79 Å². The second-order valence-electron chi connectivity index (χ2n) is 6.16. The Balaban J connectivity index is 2.16. The molecule has 2 aromatic rings. The minimum absolute atomic E-state index is 0.362. The maximum absolute atomic E-state index is 11.9. The average Bonchev–Trinajstić information content (AvgIpc) is 2.72. The van der Waals surface area contributed by atoms with Crippen LogP contribution < -0.4 is 5.73 Å². The number of hydrogen-bond donors (Lipinski definition) is 2. The van der Waals surface area contributed by atoms with E-state index in [0.717, 1.165) is 16.5 Å². The number of hydrogen-bond acceptors (Lipinski definition) is 3. The van der Waals surface area contributed by atoms with Crippen LogP contribution in [0.5, 0.6) is 0 Å².